The molecule has 6 heteroatoms. The molecular weight excluding hydrogens is 190 g/mol. The Hall–Kier alpha value is -1.04. The Morgan fingerprint density at radius 3 is 3.31 bits per heavy atom. The number of carbonyl (C=O) groups excluding carboxylic acids is 1. The van der Waals surface area contributed by atoms with Crippen molar-refractivity contribution in [2.45, 2.75) is 12.5 Å². The average Bonchev–Trinajstić information content (AvgIpc) is 2.74. The van der Waals surface area contributed by atoms with Crippen LogP contribution < -0.4 is 5.32 Å². The Morgan fingerprint density at radius 1 is 1.77 bits per heavy atom. The van der Waals surface area contributed by atoms with Crippen molar-refractivity contribution in [2.75, 3.05) is 11.5 Å². The van der Waals surface area contributed by atoms with E-state index < -0.39 is 0 Å². The van der Waals surface area contributed by atoms with Gasteiger partial charge in [0.05, 0.1) is 0 Å². The summed E-state index contributed by atoms with van der Waals surface area (Å²) in [6.45, 7) is 0. The fraction of sp³-hybridized carbons (Fsp3) is 0.571. The van der Waals surface area contributed by atoms with Gasteiger partial charge in [0.2, 0.25) is 0 Å². The minimum atomic E-state index is -0.200. The van der Waals surface area contributed by atoms with Gasteiger partial charge in [-0.3, -0.25) is 4.79 Å². The Morgan fingerprint density at radius 2 is 2.69 bits per heavy atom. The summed E-state index contributed by atoms with van der Waals surface area (Å²) < 4.78 is 4.33. The van der Waals surface area contributed by atoms with Crippen molar-refractivity contribution in [3.05, 3.63) is 11.9 Å². The lowest BCUT2D eigenvalue weighted by molar-refractivity contribution is 0.0931. The van der Waals surface area contributed by atoms with Crippen molar-refractivity contribution < 1.29 is 9.42 Å². The van der Waals surface area contributed by atoms with Crippen LogP contribution in [-0.2, 0) is 0 Å². The van der Waals surface area contributed by atoms with Gasteiger partial charge in [-0.25, -0.2) is 4.63 Å². The van der Waals surface area contributed by atoms with Crippen LogP contribution in [0.15, 0.2) is 10.8 Å². The molecule has 1 saturated heterocycles. The zero-order chi connectivity index (χ0) is 9.10. The highest BCUT2D eigenvalue weighted by Crippen LogP contribution is 2.17. The van der Waals surface area contributed by atoms with Crippen LogP contribution in [0.5, 0.6) is 0 Å². The SMILES string of the molecule is O=C(NC1CCSC1)c1cnon1. The van der Waals surface area contributed by atoms with Crippen LogP contribution in [0.2, 0.25) is 0 Å². The van der Waals surface area contributed by atoms with Gasteiger partial charge in [-0.15, -0.1) is 0 Å². The molecule has 70 valence electrons. The summed E-state index contributed by atoms with van der Waals surface area (Å²) in [7, 11) is 0. The third kappa shape index (κ3) is 2.00. The van der Waals surface area contributed by atoms with Crippen molar-refractivity contribution in [1.82, 2.24) is 15.6 Å². The molecule has 1 amide bonds. The second-order valence-electron chi connectivity index (χ2n) is 2.83. The maximum absolute atomic E-state index is 11.4. The fourth-order valence-corrected chi connectivity index (χ4v) is 2.32. The normalized spacial score (nSPS) is 21.7. The molecule has 13 heavy (non-hydrogen) atoms. The quantitative estimate of drug-likeness (QED) is 0.742. The van der Waals surface area contributed by atoms with Gasteiger partial charge in [-0.2, -0.15) is 11.8 Å². The minimum absolute atomic E-state index is 0.200. The van der Waals surface area contributed by atoms with E-state index in [9.17, 15) is 4.79 Å². The molecule has 2 heterocycles. The third-order valence-electron chi connectivity index (χ3n) is 1.86. The first-order valence-corrected chi connectivity index (χ1v) is 5.18. The number of hydrogen-bond donors (Lipinski definition) is 1. The van der Waals surface area contributed by atoms with Crippen molar-refractivity contribution >= 4 is 17.7 Å². The number of rotatable bonds is 2. The van der Waals surface area contributed by atoms with Crippen molar-refractivity contribution in [3.63, 3.8) is 0 Å². The molecule has 0 radical (unpaired) electrons. The first-order valence-electron chi connectivity index (χ1n) is 4.02. The van der Waals surface area contributed by atoms with E-state index in [0.717, 1.165) is 17.9 Å². The molecule has 0 aromatic carbocycles. The maximum Gasteiger partial charge on any atom is 0.275 e. The first-order chi connectivity index (χ1) is 6.36. The number of carbonyl (C=O) groups is 1. The molecule has 1 aromatic heterocycles. The zero-order valence-corrected chi connectivity index (χ0v) is 7.71. The van der Waals surface area contributed by atoms with Crippen LogP contribution >= 0.6 is 11.8 Å². The smallest absolute Gasteiger partial charge is 0.275 e. The minimum Gasteiger partial charge on any atom is -0.347 e. The van der Waals surface area contributed by atoms with E-state index in [1.807, 2.05) is 11.8 Å². The average molecular weight is 199 g/mol. The molecule has 0 aliphatic carbocycles. The first kappa shape index (κ1) is 8.55. The molecular formula is C7H9N3O2S. The zero-order valence-electron chi connectivity index (χ0n) is 6.90. The molecule has 1 fully saturated rings. The lowest BCUT2D eigenvalue weighted by Gasteiger charge is -2.08. The summed E-state index contributed by atoms with van der Waals surface area (Å²) in [4.78, 5) is 11.4. The molecule has 0 saturated carbocycles. The van der Waals surface area contributed by atoms with Crippen LogP contribution in [0.1, 0.15) is 16.9 Å². The Kier molecular flexibility index (Phi) is 2.49. The van der Waals surface area contributed by atoms with E-state index in [1.54, 1.807) is 0 Å². The van der Waals surface area contributed by atoms with E-state index in [0.29, 0.717) is 0 Å². The highest BCUT2D eigenvalue weighted by molar-refractivity contribution is 7.99. The highest BCUT2D eigenvalue weighted by atomic mass is 32.2. The van der Waals surface area contributed by atoms with E-state index in [1.165, 1.54) is 6.20 Å². The number of amides is 1. The molecule has 1 aliphatic heterocycles. The summed E-state index contributed by atoms with van der Waals surface area (Å²) in [6, 6.07) is 0.272. The maximum atomic E-state index is 11.4. The summed E-state index contributed by atoms with van der Waals surface area (Å²) in [5.41, 5.74) is 0.247. The highest BCUT2D eigenvalue weighted by Gasteiger charge is 2.19. The molecule has 5 nitrogen and oxygen atoms in total. The summed E-state index contributed by atoms with van der Waals surface area (Å²) >= 11 is 1.85. The third-order valence-corrected chi connectivity index (χ3v) is 3.02. The lowest BCUT2D eigenvalue weighted by atomic mass is 10.2. The molecule has 2 rings (SSSR count). The van der Waals surface area contributed by atoms with Crippen molar-refractivity contribution in [3.8, 4) is 0 Å². The predicted octanol–water partition coefficient (Wildman–Crippen LogP) is 0.305. The number of aromatic nitrogens is 2. The molecule has 0 spiro atoms. The number of thioether (sulfide) groups is 1. The van der Waals surface area contributed by atoms with Gasteiger partial charge >= 0.3 is 0 Å². The summed E-state index contributed by atoms with van der Waals surface area (Å²) in [5, 5.41) is 9.68. The van der Waals surface area contributed by atoms with Gasteiger partial charge in [-0.1, -0.05) is 5.16 Å². The fourth-order valence-electron chi connectivity index (χ4n) is 1.17. The second kappa shape index (κ2) is 3.78. The van der Waals surface area contributed by atoms with Gasteiger partial charge in [0.15, 0.2) is 5.69 Å². The molecule has 0 bridgehead atoms. The standard InChI is InChI=1S/C7H9N3O2S/c11-7(6-3-8-12-10-6)9-5-1-2-13-4-5/h3,5H,1-2,4H2,(H,9,11). The van der Waals surface area contributed by atoms with Gasteiger partial charge in [0.1, 0.15) is 6.20 Å². The second-order valence-corrected chi connectivity index (χ2v) is 3.98. The lowest BCUT2D eigenvalue weighted by Crippen LogP contribution is -2.34. The predicted molar refractivity (Wildman–Crippen MR) is 47.5 cm³/mol. The Bertz CT molecular complexity index is 282. The van der Waals surface area contributed by atoms with Crippen molar-refractivity contribution in [2.24, 2.45) is 0 Å². The van der Waals surface area contributed by atoms with Crippen LogP contribution in [0, 0.1) is 0 Å². The topological polar surface area (TPSA) is 68.0 Å². The molecule has 1 unspecified atom stereocenters. The molecule has 1 atom stereocenters. The van der Waals surface area contributed by atoms with Gasteiger partial charge in [0.25, 0.3) is 5.91 Å². The summed E-state index contributed by atoms with van der Waals surface area (Å²) in [6.07, 6.45) is 2.35. The largest absolute Gasteiger partial charge is 0.347 e. The van der Waals surface area contributed by atoms with Crippen LogP contribution in [-0.4, -0.2) is 33.8 Å². The molecule has 1 aromatic rings. The molecule has 1 N–H and O–H groups in total. The Labute approximate surface area is 79.2 Å². The van der Waals surface area contributed by atoms with E-state index >= 15 is 0 Å². The number of nitrogens with one attached hydrogen (secondary N) is 1. The Balaban J connectivity index is 1.91. The van der Waals surface area contributed by atoms with E-state index in [2.05, 4.69) is 20.3 Å². The van der Waals surface area contributed by atoms with E-state index in [-0.39, 0.29) is 17.6 Å². The van der Waals surface area contributed by atoms with Gasteiger partial charge < -0.3 is 5.32 Å². The van der Waals surface area contributed by atoms with Gasteiger partial charge in [-0.05, 0) is 17.3 Å². The van der Waals surface area contributed by atoms with Crippen molar-refractivity contribution in [1.29, 1.82) is 0 Å². The van der Waals surface area contributed by atoms with Gasteiger partial charge in [0, 0.05) is 11.8 Å². The van der Waals surface area contributed by atoms with E-state index in [4.69, 9.17) is 0 Å². The molecule has 1 aliphatic rings. The van der Waals surface area contributed by atoms with Crippen LogP contribution in [0.4, 0.5) is 0 Å². The van der Waals surface area contributed by atoms with Crippen LogP contribution in [0.25, 0.3) is 0 Å². The monoisotopic (exact) mass is 199 g/mol. The summed E-state index contributed by atoms with van der Waals surface area (Å²) in [5.74, 6) is 1.90. The number of nitrogens with zero attached hydrogens (tertiary/aromatic N) is 2. The number of hydrogen-bond acceptors (Lipinski definition) is 5. The van der Waals surface area contributed by atoms with Crippen LogP contribution in [0.3, 0.4) is 0 Å².